The number of ether oxygens (including phenoxy) is 1. The molecule has 31 heavy (non-hydrogen) atoms. The molecule has 0 radical (unpaired) electrons. The third-order valence-electron chi connectivity index (χ3n) is 6.06. The molecule has 2 amide bonds. The van der Waals surface area contributed by atoms with Gasteiger partial charge in [0.15, 0.2) is 0 Å². The van der Waals surface area contributed by atoms with Gasteiger partial charge in [0.1, 0.15) is 12.4 Å². The van der Waals surface area contributed by atoms with E-state index in [9.17, 15) is 14.7 Å². The number of hydrogen-bond donors (Lipinski definition) is 1. The van der Waals surface area contributed by atoms with Gasteiger partial charge in [-0.05, 0) is 56.2 Å². The zero-order chi connectivity index (χ0) is 22.1. The quantitative estimate of drug-likeness (QED) is 0.811. The van der Waals surface area contributed by atoms with Crippen molar-refractivity contribution in [3.05, 3.63) is 52.7 Å². The summed E-state index contributed by atoms with van der Waals surface area (Å²) in [5, 5.41) is 9.43. The van der Waals surface area contributed by atoms with Gasteiger partial charge in [-0.1, -0.05) is 6.07 Å². The molecule has 2 aromatic rings. The Kier molecular flexibility index (Phi) is 5.82. The van der Waals surface area contributed by atoms with Crippen LogP contribution in [-0.2, 0) is 4.74 Å². The second-order valence-electron chi connectivity index (χ2n) is 8.14. The van der Waals surface area contributed by atoms with Gasteiger partial charge in [0.2, 0.25) is 0 Å². The van der Waals surface area contributed by atoms with Crippen LogP contribution in [0.2, 0.25) is 0 Å². The fraction of sp³-hybridized carbons (Fsp3) is 0.435. The van der Waals surface area contributed by atoms with Crippen LogP contribution in [0.15, 0.2) is 30.3 Å². The zero-order valence-corrected chi connectivity index (χ0v) is 18.2. The standard InChI is InChI=1S/C23H28N4O4/c1-15-12-16(2)21(24-17(15)3)25-8-10-26(11-9-25)22(29)18-4-6-19(7-5-18)27-20(13-28)14-31-23(27)30/h4-7,12,20,28H,8-11,13-14H2,1-3H3. The molecule has 2 aliphatic rings. The Morgan fingerprint density at radius 1 is 1.10 bits per heavy atom. The van der Waals surface area contributed by atoms with Crippen molar-refractivity contribution in [2.45, 2.75) is 26.8 Å². The Labute approximate surface area is 182 Å². The van der Waals surface area contributed by atoms with Crippen LogP contribution in [0.1, 0.15) is 27.2 Å². The number of carbonyl (C=O) groups excluding carboxylic acids is 2. The molecule has 1 aromatic carbocycles. The molecule has 1 N–H and O–H groups in total. The molecule has 0 bridgehead atoms. The van der Waals surface area contributed by atoms with Crippen molar-refractivity contribution >= 4 is 23.5 Å². The van der Waals surface area contributed by atoms with Gasteiger partial charge >= 0.3 is 6.09 Å². The lowest BCUT2D eigenvalue weighted by Gasteiger charge is -2.36. The fourth-order valence-corrected chi connectivity index (χ4v) is 4.13. The lowest BCUT2D eigenvalue weighted by Crippen LogP contribution is -2.49. The number of benzene rings is 1. The molecule has 1 atom stereocenters. The maximum atomic E-state index is 13.0. The van der Waals surface area contributed by atoms with E-state index in [1.165, 1.54) is 10.5 Å². The van der Waals surface area contributed by atoms with Gasteiger partial charge < -0.3 is 19.6 Å². The predicted octanol–water partition coefficient (Wildman–Crippen LogP) is 2.29. The second kappa shape index (κ2) is 8.55. The summed E-state index contributed by atoms with van der Waals surface area (Å²) in [5.74, 6) is 0.967. The molecule has 1 aromatic heterocycles. The molecule has 164 valence electrons. The number of piperazine rings is 1. The van der Waals surface area contributed by atoms with E-state index < -0.39 is 12.1 Å². The van der Waals surface area contributed by atoms with Crippen LogP contribution < -0.4 is 9.80 Å². The molecule has 0 saturated carbocycles. The van der Waals surface area contributed by atoms with Crippen LogP contribution in [0.3, 0.4) is 0 Å². The van der Waals surface area contributed by atoms with Crippen LogP contribution in [-0.4, -0.2) is 72.4 Å². The van der Waals surface area contributed by atoms with Gasteiger partial charge in [-0.2, -0.15) is 0 Å². The van der Waals surface area contributed by atoms with Crippen LogP contribution >= 0.6 is 0 Å². The molecule has 2 aliphatic heterocycles. The number of aryl methyl sites for hydroxylation is 3. The number of carbonyl (C=O) groups is 2. The van der Waals surface area contributed by atoms with E-state index in [4.69, 9.17) is 9.72 Å². The van der Waals surface area contributed by atoms with Crippen molar-refractivity contribution in [3.8, 4) is 0 Å². The van der Waals surface area contributed by atoms with E-state index in [0.717, 1.165) is 30.2 Å². The minimum absolute atomic E-state index is 0.0290. The number of hydrogen-bond acceptors (Lipinski definition) is 6. The first-order valence-electron chi connectivity index (χ1n) is 10.5. The van der Waals surface area contributed by atoms with E-state index in [1.807, 2.05) is 11.8 Å². The Hall–Kier alpha value is -3.13. The fourth-order valence-electron chi connectivity index (χ4n) is 4.13. The van der Waals surface area contributed by atoms with Gasteiger partial charge in [0.05, 0.1) is 12.6 Å². The Morgan fingerprint density at radius 3 is 2.42 bits per heavy atom. The van der Waals surface area contributed by atoms with E-state index in [0.29, 0.717) is 24.3 Å². The predicted molar refractivity (Wildman–Crippen MR) is 118 cm³/mol. The summed E-state index contributed by atoms with van der Waals surface area (Å²) < 4.78 is 5.01. The summed E-state index contributed by atoms with van der Waals surface area (Å²) in [6.45, 7) is 8.87. The van der Waals surface area contributed by atoms with Crippen molar-refractivity contribution in [2.24, 2.45) is 0 Å². The highest BCUT2D eigenvalue weighted by atomic mass is 16.6. The van der Waals surface area contributed by atoms with Crippen LogP contribution in [0, 0.1) is 20.8 Å². The average molecular weight is 425 g/mol. The van der Waals surface area contributed by atoms with E-state index >= 15 is 0 Å². The number of aromatic nitrogens is 1. The molecule has 0 spiro atoms. The van der Waals surface area contributed by atoms with Gasteiger partial charge in [0.25, 0.3) is 5.91 Å². The number of aliphatic hydroxyl groups is 1. The summed E-state index contributed by atoms with van der Waals surface area (Å²) in [6, 6.07) is 8.65. The molecule has 0 aliphatic carbocycles. The summed E-state index contributed by atoms with van der Waals surface area (Å²) in [6.07, 6.45) is -0.482. The highest BCUT2D eigenvalue weighted by Crippen LogP contribution is 2.25. The average Bonchev–Trinajstić information content (AvgIpc) is 3.16. The number of aliphatic hydroxyl groups excluding tert-OH is 1. The Morgan fingerprint density at radius 2 is 1.77 bits per heavy atom. The van der Waals surface area contributed by atoms with Crippen LogP contribution in [0.25, 0.3) is 0 Å². The smallest absolute Gasteiger partial charge is 0.414 e. The molecule has 3 heterocycles. The molecule has 8 heteroatoms. The number of amides is 2. The minimum Gasteiger partial charge on any atom is -0.447 e. The number of cyclic esters (lactones) is 1. The summed E-state index contributed by atoms with van der Waals surface area (Å²) >= 11 is 0. The molecular weight excluding hydrogens is 396 g/mol. The number of nitrogens with zero attached hydrogens (tertiary/aromatic N) is 4. The third-order valence-corrected chi connectivity index (χ3v) is 6.06. The SMILES string of the molecule is Cc1cc(C)c(N2CCN(C(=O)c3ccc(N4C(=O)OCC4CO)cc3)CC2)nc1C. The summed E-state index contributed by atoms with van der Waals surface area (Å²) in [5.41, 5.74) is 4.56. The lowest BCUT2D eigenvalue weighted by molar-refractivity contribution is 0.0746. The molecular formula is C23H28N4O4. The van der Waals surface area contributed by atoms with Crippen molar-refractivity contribution in [3.63, 3.8) is 0 Å². The van der Waals surface area contributed by atoms with Crippen molar-refractivity contribution in [2.75, 3.05) is 49.2 Å². The normalized spacial score (nSPS) is 19.0. The lowest BCUT2D eigenvalue weighted by atomic mass is 10.1. The minimum atomic E-state index is -0.482. The highest BCUT2D eigenvalue weighted by Gasteiger charge is 2.34. The molecule has 8 nitrogen and oxygen atoms in total. The van der Waals surface area contributed by atoms with Crippen LogP contribution in [0.5, 0.6) is 0 Å². The maximum absolute atomic E-state index is 13.0. The van der Waals surface area contributed by atoms with E-state index in [-0.39, 0.29) is 19.1 Å². The summed E-state index contributed by atoms with van der Waals surface area (Å²) in [7, 11) is 0. The Bertz CT molecular complexity index is 984. The maximum Gasteiger partial charge on any atom is 0.414 e. The van der Waals surface area contributed by atoms with Crippen molar-refractivity contribution < 1.29 is 19.4 Å². The third kappa shape index (κ3) is 4.07. The van der Waals surface area contributed by atoms with Gasteiger partial charge in [-0.25, -0.2) is 9.78 Å². The van der Waals surface area contributed by atoms with Crippen molar-refractivity contribution in [1.82, 2.24) is 9.88 Å². The molecule has 2 saturated heterocycles. The monoisotopic (exact) mass is 424 g/mol. The number of pyridine rings is 1. The second-order valence-corrected chi connectivity index (χ2v) is 8.14. The number of anilines is 2. The first-order chi connectivity index (χ1) is 14.9. The van der Waals surface area contributed by atoms with Crippen LogP contribution in [0.4, 0.5) is 16.3 Å². The molecule has 2 fully saturated rings. The summed E-state index contributed by atoms with van der Waals surface area (Å²) in [4.78, 5) is 35.2. The zero-order valence-electron chi connectivity index (χ0n) is 18.2. The number of rotatable bonds is 4. The molecule has 4 rings (SSSR count). The van der Waals surface area contributed by atoms with Crippen molar-refractivity contribution in [1.29, 1.82) is 0 Å². The highest BCUT2D eigenvalue weighted by molar-refractivity contribution is 5.96. The van der Waals surface area contributed by atoms with Gasteiger partial charge in [-0.3, -0.25) is 9.69 Å². The Balaban J connectivity index is 1.41. The first kappa shape index (κ1) is 21.1. The largest absolute Gasteiger partial charge is 0.447 e. The van der Waals surface area contributed by atoms with E-state index in [1.54, 1.807) is 24.3 Å². The van der Waals surface area contributed by atoms with Gasteiger partial charge in [0, 0.05) is 43.1 Å². The molecule has 1 unspecified atom stereocenters. The van der Waals surface area contributed by atoms with Gasteiger partial charge in [-0.15, -0.1) is 0 Å². The first-order valence-corrected chi connectivity index (χ1v) is 10.5. The van der Waals surface area contributed by atoms with E-state index in [2.05, 4.69) is 24.8 Å². The topological polar surface area (TPSA) is 86.2 Å².